The molecule has 0 spiro atoms. The Morgan fingerprint density at radius 1 is 1.20 bits per heavy atom. The fourth-order valence-corrected chi connectivity index (χ4v) is 3.44. The molecule has 0 aromatic heterocycles. The number of methoxy groups -OCH3 is 1. The summed E-state index contributed by atoms with van der Waals surface area (Å²) >= 11 is 0. The van der Waals surface area contributed by atoms with Crippen LogP contribution < -0.4 is 4.74 Å². The number of carbonyl (C=O) groups excluding carboxylic acids is 1. The van der Waals surface area contributed by atoms with Crippen molar-refractivity contribution in [2.24, 2.45) is 0 Å². The molecule has 1 amide bonds. The third-order valence-corrected chi connectivity index (χ3v) is 5.04. The van der Waals surface area contributed by atoms with Crippen LogP contribution in [0.2, 0.25) is 0 Å². The maximum atomic E-state index is 12.7. The van der Waals surface area contributed by atoms with Gasteiger partial charge in [0.1, 0.15) is 5.75 Å². The van der Waals surface area contributed by atoms with Crippen molar-refractivity contribution in [3.05, 3.63) is 54.1 Å². The fraction of sp³-hybridized carbons (Fsp3) is 0.381. The van der Waals surface area contributed by atoms with E-state index in [0.717, 1.165) is 35.5 Å². The standard InChI is InChI=1S/C21H26N2O2/c1-22-13-5-7-19(22)15-23(2)21(24)17-11-9-16(10-12-17)18-6-4-8-20(14-18)25-3/h4,6,8-12,14,19H,5,7,13,15H2,1-3H3/t19-/m0/s1. The van der Waals surface area contributed by atoms with Gasteiger partial charge in [0.15, 0.2) is 0 Å². The molecule has 0 unspecified atom stereocenters. The molecule has 25 heavy (non-hydrogen) atoms. The molecule has 1 aliphatic heterocycles. The summed E-state index contributed by atoms with van der Waals surface area (Å²) in [5, 5.41) is 0. The molecule has 1 heterocycles. The lowest BCUT2D eigenvalue weighted by atomic mass is 10.0. The van der Waals surface area contributed by atoms with Gasteiger partial charge < -0.3 is 14.5 Å². The molecule has 132 valence electrons. The topological polar surface area (TPSA) is 32.8 Å². The van der Waals surface area contributed by atoms with E-state index in [1.54, 1.807) is 7.11 Å². The third-order valence-electron chi connectivity index (χ3n) is 5.04. The lowest BCUT2D eigenvalue weighted by Crippen LogP contribution is -2.39. The average Bonchev–Trinajstić information content (AvgIpc) is 3.06. The number of hydrogen-bond donors (Lipinski definition) is 0. The molecule has 1 atom stereocenters. The highest BCUT2D eigenvalue weighted by molar-refractivity contribution is 5.94. The molecule has 1 aliphatic rings. The predicted molar refractivity (Wildman–Crippen MR) is 101 cm³/mol. The number of likely N-dealkylation sites (tertiary alicyclic amines) is 1. The normalized spacial score (nSPS) is 17.5. The largest absolute Gasteiger partial charge is 0.497 e. The summed E-state index contributed by atoms with van der Waals surface area (Å²) in [5.41, 5.74) is 2.89. The van der Waals surface area contributed by atoms with Crippen LogP contribution in [0.15, 0.2) is 48.5 Å². The first-order valence-electron chi connectivity index (χ1n) is 8.78. The zero-order chi connectivity index (χ0) is 17.8. The zero-order valence-corrected chi connectivity index (χ0v) is 15.2. The van der Waals surface area contributed by atoms with Crippen LogP contribution in [-0.2, 0) is 0 Å². The van der Waals surface area contributed by atoms with E-state index >= 15 is 0 Å². The van der Waals surface area contributed by atoms with E-state index in [0.29, 0.717) is 6.04 Å². The van der Waals surface area contributed by atoms with Gasteiger partial charge in [-0.25, -0.2) is 0 Å². The summed E-state index contributed by atoms with van der Waals surface area (Å²) in [6.45, 7) is 1.91. The molecular weight excluding hydrogens is 312 g/mol. The second-order valence-corrected chi connectivity index (χ2v) is 6.77. The Hall–Kier alpha value is -2.33. The van der Waals surface area contributed by atoms with Crippen molar-refractivity contribution in [3.8, 4) is 16.9 Å². The Morgan fingerprint density at radius 3 is 2.60 bits per heavy atom. The summed E-state index contributed by atoms with van der Waals surface area (Å²) in [6, 6.07) is 16.2. The number of carbonyl (C=O) groups is 1. The Labute approximate surface area is 150 Å². The minimum Gasteiger partial charge on any atom is -0.497 e. The molecule has 1 saturated heterocycles. The lowest BCUT2D eigenvalue weighted by molar-refractivity contribution is 0.0761. The molecule has 0 bridgehead atoms. The Morgan fingerprint density at radius 2 is 1.96 bits per heavy atom. The molecule has 1 fully saturated rings. The van der Waals surface area contributed by atoms with Crippen molar-refractivity contribution in [1.82, 2.24) is 9.80 Å². The van der Waals surface area contributed by atoms with Gasteiger partial charge in [-0.3, -0.25) is 4.79 Å². The number of amides is 1. The Balaban J connectivity index is 1.69. The first-order chi connectivity index (χ1) is 12.1. The van der Waals surface area contributed by atoms with Crippen molar-refractivity contribution in [2.45, 2.75) is 18.9 Å². The molecule has 0 saturated carbocycles. The number of likely N-dealkylation sites (N-methyl/N-ethyl adjacent to an activating group) is 2. The van der Waals surface area contributed by atoms with Gasteiger partial charge in [-0.05, 0) is 61.8 Å². The van der Waals surface area contributed by atoms with E-state index in [2.05, 4.69) is 11.9 Å². The minimum atomic E-state index is 0.0810. The van der Waals surface area contributed by atoms with E-state index < -0.39 is 0 Å². The summed E-state index contributed by atoms with van der Waals surface area (Å²) in [5.74, 6) is 0.913. The maximum absolute atomic E-state index is 12.7. The van der Waals surface area contributed by atoms with Crippen molar-refractivity contribution < 1.29 is 9.53 Å². The molecule has 4 heteroatoms. The SMILES string of the molecule is COc1cccc(-c2ccc(C(=O)N(C)C[C@@H]3CCCN3C)cc2)c1. The monoisotopic (exact) mass is 338 g/mol. The van der Waals surface area contributed by atoms with E-state index in [4.69, 9.17) is 4.74 Å². The van der Waals surface area contributed by atoms with Gasteiger partial charge in [-0.2, -0.15) is 0 Å². The quantitative estimate of drug-likeness (QED) is 0.836. The number of hydrogen-bond acceptors (Lipinski definition) is 3. The second kappa shape index (κ2) is 7.70. The van der Waals surface area contributed by atoms with Crippen molar-refractivity contribution in [3.63, 3.8) is 0 Å². The van der Waals surface area contributed by atoms with Gasteiger partial charge in [-0.15, -0.1) is 0 Å². The summed E-state index contributed by atoms with van der Waals surface area (Å²) in [6.07, 6.45) is 2.39. The van der Waals surface area contributed by atoms with Crippen LogP contribution in [0.5, 0.6) is 5.75 Å². The average molecular weight is 338 g/mol. The summed E-state index contributed by atoms with van der Waals surface area (Å²) < 4.78 is 5.28. The predicted octanol–water partition coefficient (Wildman–Crippen LogP) is 3.53. The Bertz CT molecular complexity index is 727. The summed E-state index contributed by atoms with van der Waals surface area (Å²) in [4.78, 5) is 16.9. The van der Waals surface area contributed by atoms with Crippen LogP contribution in [0.25, 0.3) is 11.1 Å². The van der Waals surface area contributed by atoms with Crippen molar-refractivity contribution >= 4 is 5.91 Å². The number of ether oxygens (including phenoxy) is 1. The molecule has 3 rings (SSSR count). The van der Waals surface area contributed by atoms with Crippen LogP contribution in [0, 0.1) is 0 Å². The van der Waals surface area contributed by atoms with Gasteiger partial charge in [0.05, 0.1) is 7.11 Å². The first-order valence-corrected chi connectivity index (χ1v) is 8.78. The highest BCUT2D eigenvalue weighted by atomic mass is 16.5. The molecule has 2 aromatic rings. The van der Waals surface area contributed by atoms with Crippen LogP contribution in [0.4, 0.5) is 0 Å². The highest BCUT2D eigenvalue weighted by Gasteiger charge is 2.24. The highest BCUT2D eigenvalue weighted by Crippen LogP contribution is 2.24. The van der Waals surface area contributed by atoms with Gasteiger partial charge in [0, 0.05) is 25.2 Å². The van der Waals surface area contributed by atoms with Gasteiger partial charge in [-0.1, -0.05) is 24.3 Å². The van der Waals surface area contributed by atoms with Crippen LogP contribution in [-0.4, -0.2) is 56.0 Å². The summed E-state index contributed by atoms with van der Waals surface area (Å²) in [7, 11) is 5.70. The maximum Gasteiger partial charge on any atom is 0.253 e. The third kappa shape index (κ3) is 4.02. The molecule has 4 nitrogen and oxygen atoms in total. The van der Waals surface area contributed by atoms with E-state index in [9.17, 15) is 4.79 Å². The zero-order valence-electron chi connectivity index (χ0n) is 15.2. The number of rotatable bonds is 5. The lowest BCUT2D eigenvalue weighted by Gasteiger charge is -2.26. The van der Waals surface area contributed by atoms with Gasteiger partial charge >= 0.3 is 0 Å². The minimum absolute atomic E-state index is 0.0810. The number of benzene rings is 2. The van der Waals surface area contributed by atoms with Crippen LogP contribution in [0.3, 0.4) is 0 Å². The van der Waals surface area contributed by atoms with E-state index in [1.165, 1.54) is 12.8 Å². The smallest absolute Gasteiger partial charge is 0.253 e. The van der Waals surface area contributed by atoms with Crippen molar-refractivity contribution in [2.75, 3.05) is 34.3 Å². The van der Waals surface area contributed by atoms with Gasteiger partial charge in [0.2, 0.25) is 0 Å². The van der Waals surface area contributed by atoms with E-state index in [1.807, 2.05) is 60.5 Å². The van der Waals surface area contributed by atoms with Crippen LogP contribution in [0.1, 0.15) is 23.2 Å². The number of nitrogens with zero attached hydrogens (tertiary/aromatic N) is 2. The van der Waals surface area contributed by atoms with Crippen LogP contribution >= 0.6 is 0 Å². The molecule has 2 aromatic carbocycles. The molecule has 0 N–H and O–H groups in total. The fourth-order valence-electron chi connectivity index (χ4n) is 3.44. The molecular formula is C21H26N2O2. The molecule has 0 aliphatic carbocycles. The van der Waals surface area contributed by atoms with E-state index in [-0.39, 0.29) is 5.91 Å². The van der Waals surface area contributed by atoms with Gasteiger partial charge in [0.25, 0.3) is 5.91 Å². The second-order valence-electron chi connectivity index (χ2n) is 6.77. The molecule has 0 radical (unpaired) electrons. The Kier molecular flexibility index (Phi) is 5.39. The van der Waals surface area contributed by atoms with Crippen molar-refractivity contribution in [1.29, 1.82) is 0 Å². The first kappa shape index (κ1) is 17.5.